The molecule has 6 nitrogen and oxygen atoms in total. The van der Waals surface area contributed by atoms with Crippen molar-refractivity contribution in [3.8, 4) is 0 Å². The molecule has 1 atom stereocenters. The first-order valence-electron chi connectivity index (χ1n) is 8.63. The van der Waals surface area contributed by atoms with E-state index in [1.165, 1.54) is 11.8 Å². The largest absolute Gasteiger partial charge is 0.338 e. The summed E-state index contributed by atoms with van der Waals surface area (Å²) in [5.41, 5.74) is 1.99. The first-order valence-corrected chi connectivity index (χ1v) is 9.51. The standard InChI is InChI=1S/C18H26N4O2S/c1-5-19-17(24)21-16(23)13(4)25-18-20-14-8-6-7-9-15(14)22(18)11-10-12(2)3/h6-9,12-13H,5,10-11H2,1-4H3,(H2,19,21,23,24). The number of para-hydroxylation sites is 2. The number of nitrogens with one attached hydrogen (secondary N) is 2. The molecule has 0 saturated heterocycles. The molecule has 0 aliphatic rings. The molecule has 3 amide bonds. The summed E-state index contributed by atoms with van der Waals surface area (Å²) in [7, 11) is 0. The lowest BCUT2D eigenvalue weighted by molar-refractivity contribution is -0.119. The van der Waals surface area contributed by atoms with Gasteiger partial charge in [0.1, 0.15) is 0 Å². The van der Waals surface area contributed by atoms with Crippen LogP contribution in [0.2, 0.25) is 0 Å². The summed E-state index contributed by atoms with van der Waals surface area (Å²) < 4.78 is 2.16. The molecule has 7 heteroatoms. The van der Waals surface area contributed by atoms with Crippen molar-refractivity contribution < 1.29 is 9.59 Å². The van der Waals surface area contributed by atoms with E-state index < -0.39 is 11.3 Å². The second kappa shape index (κ2) is 8.89. The van der Waals surface area contributed by atoms with Gasteiger partial charge in [-0.05, 0) is 38.3 Å². The summed E-state index contributed by atoms with van der Waals surface area (Å²) in [6.45, 7) is 9.30. The SMILES string of the molecule is CCNC(=O)NC(=O)C(C)Sc1nc2ccccc2n1CCC(C)C. The van der Waals surface area contributed by atoms with Gasteiger partial charge in [-0.25, -0.2) is 9.78 Å². The zero-order valence-electron chi connectivity index (χ0n) is 15.2. The van der Waals surface area contributed by atoms with Gasteiger partial charge in [-0.3, -0.25) is 10.1 Å². The minimum absolute atomic E-state index is 0.321. The monoisotopic (exact) mass is 362 g/mol. The lowest BCUT2D eigenvalue weighted by atomic mass is 10.1. The number of amides is 3. The van der Waals surface area contributed by atoms with E-state index in [9.17, 15) is 9.59 Å². The van der Waals surface area contributed by atoms with E-state index in [1.54, 1.807) is 13.8 Å². The van der Waals surface area contributed by atoms with Crippen LogP contribution in [0.5, 0.6) is 0 Å². The van der Waals surface area contributed by atoms with Gasteiger partial charge in [-0.2, -0.15) is 0 Å². The molecule has 0 bridgehead atoms. The molecule has 0 aliphatic carbocycles. The van der Waals surface area contributed by atoms with Gasteiger partial charge in [0.15, 0.2) is 5.16 Å². The van der Waals surface area contributed by atoms with E-state index in [-0.39, 0.29) is 5.91 Å². The highest BCUT2D eigenvalue weighted by Gasteiger charge is 2.21. The minimum atomic E-state index is -0.465. The van der Waals surface area contributed by atoms with Gasteiger partial charge in [0, 0.05) is 13.1 Å². The molecule has 136 valence electrons. The molecule has 0 saturated carbocycles. The van der Waals surface area contributed by atoms with Crippen molar-refractivity contribution in [1.82, 2.24) is 20.2 Å². The number of hydrogen-bond acceptors (Lipinski definition) is 4. The maximum atomic E-state index is 12.2. The molecule has 0 aliphatic heterocycles. The molecule has 1 aromatic heterocycles. The van der Waals surface area contributed by atoms with Crippen LogP contribution in [-0.2, 0) is 11.3 Å². The number of thioether (sulfide) groups is 1. The van der Waals surface area contributed by atoms with Gasteiger partial charge >= 0.3 is 6.03 Å². The number of aromatic nitrogens is 2. The molecule has 0 fully saturated rings. The highest BCUT2D eigenvalue weighted by atomic mass is 32.2. The first-order chi connectivity index (χ1) is 11.9. The van der Waals surface area contributed by atoms with Crippen molar-refractivity contribution in [3.63, 3.8) is 0 Å². The Kier molecular flexibility index (Phi) is 6.87. The van der Waals surface area contributed by atoms with E-state index >= 15 is 0 Å². The maximum absolute atomic E-state index is 12.2. The average molecular weight is 362 g/mol. The van der Waals surface area contributed by atoms with Crippen molar-refractivity contribution in [2.45, 2.75) is 51.1 Å². The molecular weight excluding hydrogens is 336 g/mol. The zero-order valence-corrected chi connectivity index (χ0v) is 16.0. The first kappa shape index (κ1) is 19.3. The normalized spacial score (nSPS) is 12.4. The smallest absolute Gasteiger partial charge is 0.321 e. The minimum Gasteiger partial charge on any atom is -0.338 e. The third kappa shape index (κ3) is 5.22. The van der Waals surface area contributed by atoms with Gasteiger partial charge in [0.05, 0.1) is 16.3 Å². The van der Waals surface area contributed by atoms with Crippen LogP contribution in [0.15, 0.2) is 29.4 Å². The van der Waals surface area contributed by atoms with E-state index in [4.69, 9.17) is 0 Å². The van der Waals surface area contributed by atoms with E-state index in [2.05, 4.69) is 34.0 Å². The summed E-state index contributed by atoms with van der Waals surface area (Å²) in [4.78, 5) is 28.4. The van der Waals surface area contributed by atoms with Crippen molar-refractivity contribution in [2.24, 2.45) is 5.92 Å². The lowest BCUT2D eigenvalue weighted by Gasteiger charge is -2.14. The van der Waals surface area contributed by atoms with Crippen LogP contribution in [0, 0.1) is 5.92 Å². The Hall–Kier alpha value is -2.02. The molecule has 2 aromatic rings. The Morgan fingerprint density at radius 3 is 2.64 bits per heavy atom. The number of fused-ring (bicyclic) bond motifs is 1. The van der Waals surface area contributed by atoms with Gasteiger partial charge < -0.3 is 9.88 Å². The Labute approximate surface area is 152 Å². The van der Waals surface area contributed by atoms with Crippen molar-refractivity contribution >= 4 is 34.7 Å². The molecular formula is C18H26N4O2S. The Morgan fingerprint density at radius 2 is 1.96 bits per heavy atom. The molecule has 0 radical (unpaired) electrons. The number of urea groups is 1. The third-order valence-electron chi connectivity index (χ3n) is 3.78. The average Bonchev–Trinajstić information content (AvgIpc) is 2.90. The number of aryl methyl sites for hydroxylation is 1. The topological polar surface area (TPSA) is 76.0 Å². The van der Waals surface area contributed by atoms with Gasteiger partial charge in [0.2, 0.25) is 5.91 Å². The van der Waals surface area contributed by atoms with Crippen molar-refractivity contribution in [3.05, 3.63) is 24.3 Å². The Bertz CT molecular complexity index is 742. The highest BCUT2D eigenvalue weighted by Crippen LogP contribution is 2.28. The van der Waals surface area contributed by atoms with Gasteiger partial charge in [-0.15, -0.1) is 0 Å². The van der Waals surface area contributed by atoms with Gasteiger partial charge in [-0.1, -0.05) is 37.7 Å². The summed E-state index contributed by atoms with van der Waals surface area (Å²) in [5, 5.41) is 5.30. The molecule has 2 N–H and O–H groups in total. The second-order valence-corrected chi connectivity index (χ2v) is 7.63. The van der Waals surface area contributed by atoms with Crippen LogP contribution in [0.25, 0.3) is 11.0 Å². The number of imidazole rings is 1. The molecule has 2 rings (SSSR count). The fraction of sp³-hybridized carbons (Fsp3) is 0.500. The van der Waals surface area contributed by atoms with E-state index in [0.29, 0.717) is 12.5 Å². The van der Waals surface area contributed by atoms with Crippen LogP contribution >= 0.6 is 11.8 Å². The number of nitrogens with zero attached hydrogens (tertiary/aromatic N) is 2. The van der Waals surface area contributed by atoms with Crippen molar-refractivity contribution in [1.29, 1.82) is 0 Å². The number of benzene rings is 1. The van der Waals surface area contributed by atoms with E-state index in [0.717, 1.165) is 29.2 Å². The predicted octanol–water partition coefficient (Wildman–Crippen LogP) is 3.41. The fourth-order valence-electron chi connectivity index (χ4n) is 2.38. The quantitative estimate of drug-likeness (QED) is 0.740. The molecule has 25 heavy (non-hydrogen) atoms. The van der Waals surface area contributed by atoms with Crippen LogP contribution < -0.4 is 10.6 Å². The number of carbonyl (C=O) groups is 2. The molecule has 1 unspecified atom stereocenters. The summed E-state index contributed by atoms with van der Waals surface area (Å²) in [6, 6.07) is 7.52. The maximum Gasteiger partial charge on any atom is 0.321 e. The predicted molar refractivity (Wildman–Crippen MR) is 102 cm³/mol. The lowest BCUT2D eigenvalue weighted by Crippen LogP contribution is -2.42. The van der Waals surface area contributed by atoms with E-state index in [1.807, 2.05) is 24.3 Å². The van der Waals surface area contributed by atoms with Crippen LogP contribution in [0.3, 0.4) is 0 Å². The van der Waals surface area contributed by atoms with Crippen molar-refractivity contribution in [2.75, 3.05) is 6.54 Å². The zero-order chi connectivity index (χ0) is 18.4. The highest BCUT2D eigenvalue weighted by molar-refractivity contribution is 8.00. The number of carbonyl (C=O) groups excluding carboxylic acids is 2. The number of imide groups is 1. The molecule has 1 heterocycles. The Morgan fingerprint density at radius 1 is 1.24 bits per heavy atom. The van der Waals surface area contributed by atoms with Gasteiger partial charge in [0.25, 0.3) is 0 Å². The summed E-state index contributed by atoms with van der Waals surface area (Å²) >= 11 is 1.38. The number of hydrogen-bond donors (Lipinski definition) is 2. The molecule has 0 spiro atoms. The molecule has 1 aromatic carbocycles. The van der Waals surface area contributed by atoms with Crippen LogP contribution in [0.4, 0.5) is 4.79 Å². The number of rotatable bonds is 7. The van der Waals surface area contributed by atoms with Crippen LogP contribution in [-0.4, -0.2) is 33.3 Å². The summed E-state index contributed by atoms with van der Waals surface area (Å²) in [5.74, 6) is 0.260. The second-order valence-electron chi connectivity index (χ2n) is 6.33. The fourth-order valence-corrected chi connectivity index (χ4v) is 3.33. The summed E-state index contributed by atoms with van der Waals surface area (Å²) in [6.07, 6.45) is 1.04. The Balaban J connectivity index is 2.17. The third-order valence-corrected chi connectivity index (χ3v) is 4.87. The van der Waals surface area contributed by atoms with Crippen LogP contribution in [0.1, 0.15) is 34.1 Å².